The van der Waals surface area contributed by atoms with Crippen LogP contribution in [0, 0.1) is 0 Å². The summed E-state index contributed by atoms with van der Waals surface area (Å²) < 4.78 is 15.2. The minimum Gasteiger partial charge on any atom is -0.458 e. The summed E-state index contributed by atoms with van der Waals surface area (Å²) in [4.78, 5) is 22.8. The zero-order valence-corrected chi connectivity index (χ0v) is 10.1. The first-order valence-electron chi connectivity index (χ1n) is 5.72. The maximum absolute atomic E-state index is 11.7. The van der Waals surface area contributed by atoms with Crippen molar-refractivity contribution >= 4 is 17.5 Å². The Bertz CT molecular complexity index is 626. The van der Waals surface area contributed by atoms with Crippen molar-refractivity contribution in [3.05, 3.63) is 47.7 Å². The van der Waals surface area contributed by atoms with Gasteiger partial charge in [0, 0.05) is 17.2 Å². The monoisotopic (exact) mass is 258 g/mol. The molecule has 0 aliphatic carbocycles. The summed E-state index contributed by atoms with van der Waals surface area (Å²) in [5, 5.41) is 0. The van der Waals surface area contributed by atoms with Gasteiger partial charge < -0.3 is 14.2 Å². The highest BCUT2D eigenvalue weighted by molar-refractivity contribution is 6.21. The summed E-state index contributed by atoms with van der Waals surface area (Å²) >= 11 is 0. The van der Waals surface area contributed by atoms with Crippen molar-refractivity contribution < 1.29 is 23.8 Å². The second-order valence-corrected chi connectivity index (χ2v) is 4.18. The SMILES string of the molecule is CC1=C[C@@H](O/C=C2\C(=O)Oc3ccccc32)OC1=O. The van der Waals surface area contributed by atoms with E-state index in [2.05, 4.69) is 0 Å². The largest absolute Gasteiger partial charge is 0.458 e. The van der Waals surface area contributed by atoms with E-state index in [0.29, 0.717) is 22.5 Å². The van der Waals surface area contributed by atoms with Crippen molar-refractivity contribution in [1.29, 1.82) is 0 Å². The lowest BCUT2D eigenvalue weighted by Crippen LogP contribution is -2.10. The number of hydrogen-bond donors (Lipinski definition) is 0. The van der Waals surface area contributed by atoms with Gasteiger partial charge in [-0.25, -0.2) is 9.59 Å². The van der Waals surface area contributed by atoms with E-state index in [0.717, 1.165) is 0 Å². The number of hydrogen-bond acceptors (Lipinski definition) is 5. The summed E-state index contributed by atoms with van der Waals surface area (Å²) in [5.74, 6) is -0.401. The molecule has 0 saturated heterocycles. The van der Waals surface area contributed by atoms with Crippen LogP contribution in [-0.2, 0) is 19.1 Å². The molecule has 0 fully saturated rings. The first kappa shape index (κ1) is 11.5. The molecule has 1 aromatic rings. The molecule has 0 aromatic heterocycles. The van der Waals surface area contributed by atoms with Crippen LogP contribution in [0.15, 0.2) is 42.2 Å². The van der Waals surface area contributed by atoms with Crippen molar-refractivity contribution in [3.63, 3.8) is 0 Å². The number of para-hydroxylation sites is 1. The van der Waals surface area contributed by atoms with E-state index < -0.39 is 18.2 Å². The van der Waals surface area contributed by atoms with Crippen molar-refractivity contribution in [1.82, 2.24) is 0 Å². The summed E-state index contributed by atoms with van der Waals surface area (Å²) in [6.45, 7) is 1.64. The normalized spacial score (nSPS) is 22.9. The van der Waals surface area contributed by atoms with Crippen LogP contribution in [0.3, 0.4) is 0 Å². The fraction of sp³-hybridized carbons (Fsp3) is 0.143. The summed E-state index contributed by atoms with van der Waals surface area (Å²) in [7, 11) is 0. The topological polar surface area (TPSA) is 61.8 Å². The first-order chi connectivity index (χ1) is 9.15. The van der Waals surface area contributed by atoms with Gasteiger partial charge in [0.1, 0.15) is 17.6 Å². The lowest BCUT2D eigenvalue weighted by atomic mass is 10.1. The number of cyclic esters (lactones) is 1. The third-order valence-corrected chi connectivity index (χ3v) is 2.85. The Morgan fingerprint density at radius 3 is 2.74 bits per heavy atom. The van der Waals surface area contributed by atoms with E-state index in [9.17, 15) is 9.59 Å². The number of carbonyl (C=O) groups excluding carboxylic acids is 2. The van der Waals surface area contributed by atoms with E-state index in [1.807, 2.05) is 0 Å². The van der Waals surface area contributed by atoms with Gasteiger partial charge in [-0.1, -0.05) is 18.2 Å². The number of rotatable bonds is 2. The van der Waals surface area contributed by atoms with Gasteiger partial charge in [0.15, 0.2) is 0 Å². The third-order valence-electron chi connectivity index (χ3n) is 2.85. The van der Waals surface area contributed by atoms with Crippen LogP contribution in [-0.4, -0.2) is 18.2 Å². The fourth-order valence-corrected chi connectivity index (χ4v) is 1.86. The van der Waals surface area contributed by atoms with Gasteiger partial charge in [0.05, 0.1) is 0 Å². The highest BCUT2D eigenvalue weighted by atomic mass is 16.7. The van der Waals surface area contributed by atoms with Gasteiger partial charge in [0.25, 0.3) is 6.29 Å². The second kappa shape index (κ2) is 4.28. The average molecular weight is 258 g/mol. The summed E-state index contributed by atoms with van der Waals surface area (Å²) in [5.41, 5.74) is 1.46. The zero-order chi connectivity index (χ0) is 13.4. The van der Waals surface area contributed by atoms with Crippen LogP contribution in [0.5, 0.6) is 5.75 Å². The van der Waals surface area contributed by atoms with Crippen LogP contribution >= 0.6 is 0 Å². The number of carbonyl (C=O) groups is 2. The van der Waals surface area contributed by atoms with Crippen molar-refractivity contribution in [3.8, 4) is 5.75 Å². The van der Waals surface area contributed by atoms with Gasteiger partial charge in [0.2, 0.25) is 0 Å². The zero-order valence-electron chi connectivity index (χ0n) is 10.1. The number of ether oxygens (including phenoxy) is 3. The molecular formula is C14H10O5. The second-order valence-electron chi connectivity index (χ2n) is 4.18. The van der Waals surface area contributed by atoms with Crippen molar-refractivity contribution in [2.45, 2.75) is 13.2 Å². The Hall–Kier alpha value is -2.56. The maximum atomic E-state index is 11.7. The molecule has 5 heteroatoms. The molecule has 1 atom stereocenters. The third kappa shape index (κ3) is 1.99. The molecule has 0 amide bonds. The summed E-state index contributed by atoms with van der Waals surface area (Å²) in [6.07, 6.45) is 2.02. The Morgan fingerprint density at radius 1 is 1.21 bits per heavy atom. The van der Waals surface area contributed by atoms with Gasteiger partial charge in [-0.2, -0.15) is 0 Å². The lowest BCUT2D eigenvalue weighted by Gasteiger charge is -2.07. The molecule has 2 aliphatic heterocycles. The standard InChI is InChI=1S/C14H10O5/c1-8-6-12(19-13(8)15)17-7-10-9-4-2-3-5-11(9)18-14(10)16/h2-7,12H,1H3/b10-7-/t12-/m0/s1. The van der Waals surface area contributed by atoms with Crippen LogP contribution < -0.4 is 4.74 Å². The van der Waals surface area contributed by atoms with Crippen LogP contribution in [0.25, 0.3) is 5.57 Å². The van der Waals surface area contributed by atoms with Gasteiger partial charge in [-0.15, -0.1) is 0 Å². The van der Waals surface area contributed by atoms with E-state index >= 15 is 0 Å². The molecule has 3 rings (SSSR count). The molecule has 0 unspecified atom stereocenters. The Morgan fingerprint density at radius 2 is 2.00 bits per heavy atom. The smallest absolute Gasteiger partial charge is 0.347 e. The molecular weight excluding hydrogens is 248 g/mol. The van der Waals surface area contributed by atoms with Crippen molar-refractivity contribution in [2.24, 2.45) is 0 Å². The molecule has 19 heavy (non-hydrogen) atoms. The van der Waals surface area contributed by atoms with Crippen LogP contribution in [0.1, 0.15) is 12.5 Å². The molecule has 0 saturated carbocycles. The first-order valence-corrected chi connectivity index (χ1v) is 5.72. The predicted octanol–water partition coefficient (Wildman–Crippen LogP) is 1.79. The van der Waals surface area contributed by atoms with E-state index in [1.165, 1.54) is 6.26 Å². The highest BCUT2D eigenvalue weighted by Gasteiger charge is 2.28. The average Bonchev–Trinajstić information content (AvgIpc) is 2.87. The molecule has 2 heterocycles. The molecule has 5 nitrogen and oxygen atoms in total. The molecule has 96 valence electrons. The Kier molecular flexibility index (Phi) is 2.59. The number of esters is 2. The van der Waals surface area contributed by atoms with Gasteiger partial charge in [-0.05, 0) is 13.0 Å². The number of benzene rings is 1. The molecule has 1 aromatic carbocycles. The highest BCUT2D eigenvalue weighted by Crippen LogP contribution is 2.33. The molecule has 0 N–H and O–H groups in total. The van der Waals surface area contributed by atoms with E-state index in [-0.39, 0.29) is 0 Å². The molecule has 0 bridgehead atoms. The molecule has 2 aliphatic rings. The minimum atomic E-state index is -0.791. The van der Waals surface area contributed by atoms with Gasteiger partial charge in [-0.3, -0.25) is 0 Å². The van der Waals surface area contributed by atoms with E-state index in [4.69, 9.17) is 14.2 Å². The predicted molar refractivity (Wildman–Crippen MR) is 64.8 cm³/mol. The minimum absolute atomic E-state index is 0.310. The summed E-state index contributed by atoms with van der Waals surface area (Å²) in [6, 6.07) is 7.04. The fourth-order valence-electron chi connectivity index (χ4n) is 1.86. The Balaban J connectivity index is 1.82. The quantitative estimate of drug-likeness (QED) is 0.350. The number of fused-ring (bicyclic) bond motifs is 1. The van der Waals surface area contributed by atoms with Crippen LogP contribution in [0.4, 0.5) is 0 Å². The lowest BCUT2D eigenvalue weighted by molar-refractivity contribution is -0.152. The van der Waals surface area contributed by atoms with Crippen molar-refractivity contribution in [2.75, 3.05) is 0 Å². The molecule has 0 spiro atoms. The Labute approximate surface area is 109 Å². The molecule has 0 radical (unpaired) electrons. The van der Waals surface area contributed by atoms with Crippen LogP contribution in [0.2, 0.25) is 0 Å². The van der Waals surface area contributed by atoms with Gasteiger partial charge >= 0.3 is 11.9 Å². The maximum Gasteiger partial charge on any atom is 0.347 e. The van der Waals surface area contributed by atoms with E-state index in [1.54, 1.807) is 37.3 Å².